The molecule has 0 aliphatic carbocycles. The first-order chi connectivity index (χ1) is 33.8. The van der Waals surface area contributed by atoms with Gasteiger partial charge in [-0.1, -0.05) is 279 Å². The van der Waals surface area contributed by atoms with Gasteiger partial charge in [-0.3, -0.25) is 0 Å². The van der Waals surface area contributed by atoms with Crippen molar-refractivity contribution in [3.63, 3.8) is 0 Å². The van der Waals surface area contributed by atoms with Gasteiger partial charge in [0.25, 0.3) is 0 Å². The zero-order chi connectivity index (χ0) is 45.7. The van der Waals surface area contributed by atoms with Crippen LogP contribution in [0.25, 0.3) is 11.1 Å². The second kappa shape index (κ2) is 22.8. The van der Waals surface area contributed by atoms with E-state index >= 15 is 0 Å². The van der Waals surface area contributed by atoms with Gasteiger partial charge >= 0.3 is 0 Å². The Bertz CT molecular complexity index is 2520. The van der Waals surface area contributed by atoms with Crippen LogP contribution in [0.5, 0.6) is 0 Å². The summed E-state index contributed by atoms with van der Waals surface area (Å²) in [5.41, 5.74) is 8.59. The lowest BCUT2D eigenvalue weighted by Gasteiger charge is -2.29. The molecule has 0 amide bonds. The highest BCUT2D eigenvalue weighted by Gasteiger charge is 2.27. The molecule has 68 heavy (non-hydrogen) atoms. The fourth-order valence-electron chi connectivity index (χ4n) is 9.35. The van der Waals surface area contributed by atoms with Gasteiger partial charge in [-0.2, -0.15) is 0 Å². The molecule has 0 saturated heterocycles. The molecular weight excluding hydrogens is 893 g/mol. The summed E-state index contributed by atoms with van der Waals surface area (Å²) >= 11 is 0. The minimum Gasteiger partial charge on any atom is -0.0622 e. The SMILES string of the molecule is c1ccc(P(Cc2cccc(CP(c3ccccc3)c3ccccc3)c2-c2c(CP(c3ccccc3)c3ccccc3)cccc2CP(c2ccccc2)c2ccccc2)c2ccccc2)cc1. The molecule has 330 valence electrons. The Balaban J connectivity index is 1.24. The standard InChI is InChI=1S/C64H54P4/c1-9-31-55(32-10-1)65(56-33-11-2-12-34-56)47-51-27-25-28-52(48-66(57-35-13-3-14-36-57)58-37-15-4-16-38-58)63(51)64-53(49-67(59-39-17-5-18-40-59)60-41-19-6-20-42-60)29-26-30-54(64)50-68(61-43-21-7-22-44-61)62-45-23-8-24-46-62/h1-46H,47-50H2. The quantitative estimate of drug-likeness (QED) is 0.0798. The Morgan fingerprint density at radius 2 is 0.309 bits per heavy atom. The first kappa shape index (κ1) is 45.7. The van der Waals surface area contributed by atoms with E-state index in [1.165, 1.54) is 75.8 Å². The van der Waals surface area contributed by atoms with E-state index < -0.39 is 31.7 Å². The van der Waals surface area contributed by atoms with Gasteiger partial charge in [-0.15, -0.1) is 0 Å². The molecule has 0 aliphatic rings. The topological polar surface area (TPSA) is 0 Å². The molecule has 0 fully saturated rings. The molecule has 0 saturated carbocycles. The molecule has 10 aromatic carbocycles. The van der Waals surface area contributed by atoms with Gasteiger partial charge in [0.1, 0.15) is 0 Å². The zero-order valence-electron chi connectivity index (χ0n) is 38.2. The van der Waals surface area contributed by atoms with Crippen molar-refractivity contribution in [1.29, 1.82) is 0 Å². The molecule has 0 radical (unpaired) electrons. The van der Waals surface area contributed by atoms with Gasteiger partial charge in [0, 0.05) is 24.6 Å². The average molecular weight is 947 g/mol. The highest BCUT2D eigenvalue weighted by atomic mass is 31.1. The average Bonchev–Trinajstić information content (AvgIpc) is 3.42. The molecule has 0 aliphatic heterocycles. The van der Waals surface area contributed by atoms with Crippen LogP contribution in [0.3, 0.4) is 0 Å². The van der Waals surface area contributed by atoms with Crippen LogP contribution in [0, 0.1) is 0 Å². The number of rotatable bonds is 17. The third kappa shape index (κ3) is 10.9. The van der Waals surface area contributed by atoms with Gasteiger partial charge in [0.05, 0.1) is 0 Å². The lowest BCUT2D eigenvalue weighted by molar-refractivity contribution is 1.26. The summed E-state index contributed by atoms with van der Waals surface area (Å²) < 4.78 is 0. The van der Waals surface area contributed by atoms with Crippen LogP contribution in [0.15, 0.2) is 279 Å². The maximum absolute atomic E-state index is 2.47. The van der Waals surface area contributed by atoms with Crippen molar-refractivity contribution in [3.05, 3.63) is 301 Å². The monoisotopic (exact) mass is 946 g/mol. The van der Waals surface area contributed by atoms with Crippen LogP contribution in [0.1, 0.15) is 22.3 Å². The zero-order valence-corrected chi connectivity index (χ0v) is 41.8. The maximum atomic E-state index is 2.47. The number of hydrogen-bond acceptors (Lipinski definition) is 0. The first-order valence-corrected chi connectivity index (χ1v) is 29.6. The fraction of sp³-hybridized carbons (Fsp3) is 0.0625. The lowest BCUT2D eigenvalue weighted by atomic mass is 9.89. The Morgan fingerprint density at radius 3 is 0.456 bits per heavy atom. The highest BCUT2D eigenvalue weighted by Crippen LogP contribution is 2.51. The van der Waals surface area contributed by atoms with Gasteiger partial charge in [-0.25, -0.2) is 0 Å². The normalized spacial score (nSPS) is 11.4. The molecule has 10 rings (SSSR count). The molecule has 0 atom stereocenters. The number of benzene rings is 10. The van der Waals surface area contributed by atoms with E-state index in [0.717, 1.165) is 24.6 Å². The van der Waals surface area contributed by atoms with E-state index in [1.807, 2.05) is 0 Å². The predicted molar refractivity (Wildman–Crippen MR) is 303 cm³/mol. The third-order valence-corrected chi connectivity index (χ3v) is 22.6. The van der Waals surface area contributed by atoms with Crippen molar-refractivity contribution in [2.75, 3.05) is 0 Å². The summed E-state index contributed by atoms with van der Waals surface area (Å²) in [5.74, 6) is 0. The van der Waals surface area contributed by atoms with E-state index in [0.29, 0.717) is 0 Å². The predicted octanol–water partition coefficient (Wildman–Crippen LogP) is 13.9. The molecule has 0 N–H and O–H groups in total. The van der Waals surface area contributed by atoms with E-state index in [2.05, 4.69) is 279 Å². The molecule has 0 nitrogen and oxygen atoms in total. The Morgan fingerprint density at radius 1 is 0.162 bits per heavy atom. The van der Waals surface area contributed by atoms with Crippen molar-refractivity contribution in [2.45, 2.75) is 24.6 Å². The molecule has 0 unspecified atom stereocenters. The largest absolute Gasteiger partial charge is 0.0622 e. The van der Waals surface area contributed by atoms with E-state index in [4.69, 9.17) is 0 Å². The summed E-state index contributed by atoms with van der Waals surface area (Å²) in [4.78, 5) is 0. The van der Waals surface area contributed by atoms with Crippen molar-refractivity contribution >= 4 is 74.1 Å². The Kier molecular flexibility index (Phi) is 15.3. The maximum Gasteiger partial charge on any atom is 0.00137 e. The second-order valence-corrected chi connectivity index (χ2v) is 25.8. The van der Waals surface area contributed by atoms with Crippen LogP contribution < -0.4 is 42.4 Å². The van der Waals surface area contributed by atoms with Gasteiger partial charge < -0.3 is 0 Å². The molecule has 10 aromatic rings. The second-order valence-electron chi connectivity index (χ2n) is 16.9. The van der Waals surface area contributed by atoms with Crippen LogP contribution in [-0.2, 0) is 24.6 Å². The van der Waals surface area contributed by atoms with Crippen LogP contribution >= 0.6 is 31.7 Å². The summed E-state index contributed by atoms with van der Waals surface area (Å²) in [5, 5.41) is 11.2. The minimum atomic E-state index is -0.738. The molecule has 0 spiro atoms. The van der Waals surface area contributed by atoms with Gasteiger partial charge in [0.15, 0.2) is 0 Å². The molecule has 4 heteroatoms. The fourth-order valence-corrected chi connectivity index (χ4v) is 18.7. The molecule has 0 aromatic heterocycles. The molecule has 0 heterocycles. The van der Waals surface area contributed by atoms with Crippen molar-refractivity contribution in [3.8, 4) is 11.1 Å². The van der Waals surface area contributed by atoms with Crippen LogP contribution in [0.2, 0.25) is 0 Å². The summed E-state index contributed by atoms with van der Waals surface area (Å²) in [7, 11) is -2.95. The van der Waals surface area contributed by atoms with Gasteiger partial charge in [-0.05, 0) is 108 Å². The highest BCUT2D eigenvalue weighted by molar-refractivity contribution is 7.73. The minimum absolute atomic E-state index is 0.738. The first-order valence-electron chi connectivity index (χ1n) is 23.5. The van der Waals surface area contributed by atoms with Crippen molar-refractivity contribution in [2.24, 2.45) is 0 Å². The van der Waals surface area contributed by atoms with Crippen LogP contribution in [0.4, 0.5) is 0 Å². The Labute approximate surface area is 408 Å². The molecular formula is C64H54P4. The lowest BCUT2D eigenvalue weighted by Crippen LogP contribution is -2.17. The summed E-state index contributed by atoms with van der Waals surface area (Å²) in [6.45, 7) is 0. The van der Waals surface area contributed by atoms with Crippen molar-refractivity contribution in [1.82, 2.24) is 0 Å². The van der Waals surface area contributed by atoms with E-state index in [1.54, 1.807) is 0 Å². The Hall–Kier alpha value is -6.08. The third-order valence-electron chi connectivity index (χ3n) is 12.6. The van der Waals surface area contributed by atoms with Gasteiger partial charge in [0.2, 0.25) is 0 Å². The molecule has 0 bridgehead atoms. The van der Waals surface area contributed by atoms with Crippen LogP contribution in [-0.4, -0.2) is 0 Å². The summed E-state index contributed by atoms with van der Waals surface area (Å²) in [6, 6.07) is 105. The smallest absolute Gasteiger partial charge is 0.00137 e. The van der Waals surface area contributed by atoms with Crippen molar-refractivity contribution < 1.29 is 0 Å². The summed E-state index contributed by atoms with van der Waals surface area (Å²) in [6.07, 6.45) is 3.75. The van der Waals surface area contributed by atoms with E-state index in [-0.39, 0.29) is 0 Å². The number of hydrogen-bond donors (Lipinski definition) is 0. The van der Waals surface area contributed by atoms with E-state index in [9.17, 15) is 0 Å².